The van der Waals surface area contributed by atoms with Crippen LogP contribution < -0.4 is 9.47 Å². The number of carboxylic acid groups (broad SMARTS) is 1. The summed E-state index contributed by atoms with van der Waals surface area (Å²) >= 11 is 0. The Labute approximate surface area is 136 Å². The summed E-state index contributed by atoms with van der Waals surface area (Å²) in [5, 5.41) is 9.70. The highest BCUT2D eigenvalue weighted by Crippen LogP contribution is 2.35. The van der Waals surface area contributed by atoms with Crippen LogP contribution in [0.25, 0.3) is 0 Å². The molecule has 0 spiro atoms. The number of carbonyl (C=O) groups is 1. The van der Waals surface area contributed by atoms with E-state index in [1.807, 2.05) is 44.2 Å². The summed E-state index contributed by atoms with van der Waals surface area (Å²) in [5.74, 6) is -0.279. The van der Waals surface area contributed by atoms with Gasteiger partial charge in [-0.3, -0.25) is 4.79 Å². The van der Waals surface area contributed by atoms with E-state index in [4.69, 9.17) is 9.47 Å². The molecular formula is C19H22O4. The maximum atomic E-state index is 11.8. The third-order valence-corrected chi connectivity index (χ3v) is 4.01. The number of aliphatic carboxylic acids is 1. The molecule has 0 aliphatic rings. The van der Waals surface area contributed by atoms with Gasteiger partial charge in [0.1, 0.15) is 0 Å². The van der Waals surface area contributed by atoms with E-state index in [1.54, 1.807) is 20.3 Å². The predicted molar refractivity (Wildman–Crippen MR) is 89.5 cm³/mol. The first-order valence-electron chi connectivity index (χ1n) is 7.47. The van der Waals surface area contributed by atoms with E-state index in [0.29, 0.717) is 17.9 Å². The van der Waals surface area contributed by atoms with Gasteiger partial charge in [-0.1, -0.05) is 35.9 Å². The second-order valence-corrected chi connectivity index (χ2v) is 5.61. The first-order valence-corrected chi connectivity index (χ1v) is 7.47. The molecule has 2 aromatic carbocycles. The van der Waals surface area contributed by atoms with Crippen LogP contribution in [0.2, 0.25) is 0 Å². The van der Waals surface area contributed by atoms with Crippen LogP contribution in [0.3, 0.4) is 0 Å². The van der Waals surface area contributed by atoms with Crippen LogP contribution >= 0.6 is 0 Å². The fourth-order valence-corrected chi connectivity index (χ4v) is 2.88. The highest BCUT2D eigenvalue weighted by Gasteiger charge is 2.24. The van der Waals surface area contributed by atoms with E-state index in [0.717, 1.165) is 22.3 Å². The maximum absolute atomic E-state index is 11.8. The van der Waals surface area contributed by atoms with E-state index in [9.17, 15) is 9.90 Å². The molecule has 2 rings (SSSR count). The number of methoxy groups -OCH3 is 2. The monoisotopic (exact) mass is 314 g/mol. The van der Waals surface area contributed by atoms with Crippen molar-refractivity contribution in [2.75, 3.05) is 14.2 Å². The third-order valence-electron chi connectivity index (χ3n) is 4.01. The van der Waals surface area contributed by atoms with Gasteiger partial charge in [0.25, 0.3) is 0 Å². The fourth-order valence-electron chi connectivity index (χ4n) is 2.88. The van der Waals surface area contributed by atoms with E-state index in [2.05, 4.69) is 0 Å². The molecule has 1 N–H and O–H groups in total. The minimum absolute atomic E-state index is 0.347. The Bertz CT molecular complexity index is 707. The summed E-state index contributed by atoms with van der Waals surface area (Å²) in [4.78, 5) is 11.8. The van der Waals surface area contributed by atoms with Crippen LogP contribution in [0.15, 0.2) is 36.4 Å². The molecule has 23 heavy (non-hydrogen) atoms. The Kier molecular flexibility index (Phi) is 5.27. The molecule has 0 amide bonds. The summed E-state index contributed by atoms with van der Waals surface area (Å²) in [6, 6.07) is 11.4. The van der Waals surface area contributed by atoms with Crippen molar-refractivity contribution in [2.24, 2.45) is 0 Å². The van der Waals surface area contributed by atoms with Crippen LogP contribution in [0, 0.1) is 13.8 Å². The number of benzene rings is 2. The second-order valence-electron chi connectivity index (χ2n) is 5.61. The quantitative estimate of drug-likeness (QED) is 0.882. The molecule has 0 fully saturated rings. The molecule has 0 saturated heterocycles. The van der Waals surface area contributed by atoms with E-state index >= 15 is 0 Å². The van der Waals surface area contributed by atoms with Crippen LogP contribution in [0.4, 0.5) is 0 Å². The number of hydrogen-bond acceptors (Lipinski definition) is 3. The number of carboxylic acids is 1. The van der Waals surface area contributed by atoms with Gasteiger partial charge in [-0.15, -0.1) is 0 Å². The number of hydrogen-bond donors (Lipinski definition) is 1. The van der Waals surface area contributed by atoms with Gasteiger partial charge in [0, 0.05) is 0 Å². The molecular weight excluding hydrogens is 292 g/mol. The average Bonchev–Trinajstić information content (AvgIpc) is 2.52. The summed E-state index contributed by atoms with van der Waals surface area (Å²) in [6.45, 7) is 3.94. The summed E-state index contributed by atoms with van der Waals surface area (Å²) in [6.07, 6.45) is 0.347. The van der Waals surface area contributed by atoms with Gasteiger partial charge >= 0.3 is 5.97 Å². The topological polar surface area (TPSA) is 55.8 Å². The molecule has 0 heterocycles. The highest BCUT2D eigenvalue weighted by atomic mass is 16.5. The van der Waals surface area contributed by atoms with Crippen molar-refractivity contribution in [3.05, 3.63) is 58.7 Å². The smallest absolute Gasteiger partial charge is 0.311 e. The Morgan fingerprint density at radius 3 is 2.43 bits per heavy atom. The van der Waals surface area contributed by atoms with E-state index < -0.39 is 11.9 Å². The molecule has 0 bridgehead atoms. The number of aryl methyl sites for hydroxylation is 2. The zero-order valence-electron chi connectivity index (χ0n) is 13.9. The maximum Gasteiger partial charge on any atom is 0.311 e. The van der Waals surface area contributed by atoms with Crippen molar-refractivity contribution in [3.8, 4) is 11.5 Å². The molecule has 122 valence electrons. The van der Waals surface area contributed by atoms with Gasteiger partial charge in [-0.25, -0.2) is 0 Å². The molecule has 0 aromatic heterocycles. The average molecular weight is 314 g/mol. The van der Waals surface area contributed by atoms with Gasteiger partial charge in [0.15, 0.2) is 11.5 Å². The Morgan fingerprint density at radius 2 is 1.87 bits per heavy atom. The molecule has 0 aliphatic carbocycles. The number of para-hydroxylation sites is 1. The Balaban J connectivity index is 2.43. The van der Waals surface area contributed by atoms with Gasteiger partial charge in [0.05, 0.1) is 20.1 Å². The zero-order chi connectivity index (χ0) is 17.0. The molecule has 0 saturated carbocycles. The lowest BCUT2D eigenvalue weighted by molar-refractivity contribution is -0.138. The SMILES string of the molecule is COc1cccc(CC(C(=O)O)c2ccc(C)cc2C)c1OC. The number of rotatable bonds is 6. The van der Waals surface area contributed by atoms with Crippen LogP contribution in [-0.4, -0.2) is 25.3 Å². The van der Waals surface area contributed by atoms with Crippen LogP contribution in [0.1, 0.15) is 28.2 Å². The lowest BCUT2D eigenvalue weighted by Crippen LogP contribution is -2.16. The van der Waals surface area contributed by atoms with Crippen molar-refractivity contribution < 1.29 is 19.4 Å². The van der Waals surface area contributed by atoms with Gasteiger partial charge in [-0.05, 0) is 43.0 Å². The van der Waals surface area contributed by atoms with Crippen molar-refractivity contribution in [1.82, 2.24) is 0 Å². The first-order chi connectivity index (χ1) is 11.0. The van der Waals surface area contributed by atoms with Gasteiger partial charge < -0.3 is 14.6 Å². The molecule has 1 atom stereocenters. The Morgan fingerprint density at radius 1 is 1.13 bits per heavy atom. The normalized spacial score (nSPS) is 11.8. The van der Waals surface area contributed by atoms with Crippen molar-refractivity contribution in [3.63, 3.8) is 0 Å². The van der Waals surface area contributed by atoms with Crippen LogP contribution in [0.5, 0.6) is 11.5 Å². The molecule has 4 heteroatoms. The number of ether oxygens (including phenoxy) is 2. The van der Waals surface area contributed by atoms with Crippen molar-refractivity contribution in [1.29, 1.82) is 0 Å². The molecule has 2 aromatic rings. The minimum atomic E-state index is -0.846. The fraction of sp³-hybridized carbons (Fsp3) is 0.316. The third kappa shape index (κ3) is 3.65. The largest absolute Gasteiger partial charge is 0.493 e. The van der Waals surface area contributed by atoms with Crippen molar-refractivity contribution in [2.45, 2.75) is 26.2 Å². The Hall–Kier alpha value is -2.49. The molecule has 4 nitrogen and oxygen atoms in total. The van der Waals surface area contributed by atoms with Crippen LogP contribution in [-0.2, 0) is 11.2 Å². The lowest BCUT2D eigenvalue weighted by Gasteiger charge is -2.18. The predicted octanol–water partition coefficient (Wildman–Crippen LogP) is 3.73. The summed E-state index contributed by atoms with van der Waals surface area (Å²) < 4.78 is 10.7. The summed E-state index contributed by atoms with van der Waals surface area (Å²) in [5.41, 5.74) is 3.75. The van der Waals surface area contributed by atoms with E-state index in [1.165, 1.54) is 0 Å². The summed E-state index contributed by atoms with van der Waals surface area (Å²) in [7, 11) is 3.13. The standard InChI is InChI=1S/C19H22O4/c1-12-8-9-15(13(2)10-12)16(19(20)21)11-14-6-5-7-17(22-3)18(14)23-4/h5-10,16H,11H2,1-4H3,(H,20,21). The molecule has 0 aliphatic heterocycles. The lowest BCUT2D eigenvalue weighted by atomic mass is 9.88. The van der Waals surface area contributed by atoms with E-state index in [-0.39, 0.29) is 0 Å². The molecule has 0 radical (unpaired) electrons. The second kappa shape index (κ2) is 7.18. The molecule has 1 unspecified atom stereocenters. The van der Waals surface area contributed by atoms with Crippen molar-refractivity contribution >= 4 is 5.97 Å². The minimum Gasteiger partial charge on any atom is -0.493 e. The van der Waals surface area contributed by atoms with Gasteiger partial charge in [0.2, 0.25) is 0 Å². The first kappa shape index (κ1) is 16.9. The zero-order valence-corrected chi connectivity index (χ0v) is 13.9. The highest BCUT2D eigenvalue weighted by molar-refractivity contribution is 5.77. The van der Waals surface area contributed by atoms with Gasteiger partial charge in [-0.2, -0.15) is 0 Å².